The number of para-hydroxylation sites is 1. The minimum absolute atomic E-state index is 0.00826. The first-order valence-corrected chi connectivity index (χ1v) is 7.43. The van der Waals surface area contributed by atoms with Gasteiger partial charge in [0.25, 0.3) is 0 Å². The van der Waals surface area contributed by atoms with Crippen LogP contribution in [-0.4, -0.2) is 24.2 Å². The number of nitrogens with one attached hydrogen (secondary N) is 1. The van der Waals surface area contributed by atoms with E-state index in [4.69, 9.17) is 33.0 Å². The lowest BCUT2D eigenvalue weighted by molar-refractivity contribution is 0.0474. The van der Waals surface area contributed by atoms with Crippen LogP contribution in [0.3, 0.4) is 0 Å². The number of carbonyl (C=O) groups is 1. The summed E-state index contributed by atoms with van der Waals surface area (Å²) < 4.78 is 5.29. The Labute approximate surface area is 138 Å². The van der Waals surface area contributed by atoms with E-state index in [9.17, 15) is 4.79 Å². The number of ether oxygens (including phenoxy) is 1. The Kier molecular flexibility index (Phi) is 6.07. The van der Waals surface area contributed by atoms with Crippen molar-refractivity contribution in [1.29, 1.82) is 0 Å². The standard InChI is InChI=1S/C16H15Cl2NO3/c17-13-5-3-6-14(18)12(13)10-22-16(21)11-4-1-2-7-15(11)19-8-9-20/h1-7,19-20H,8-10H2. The predicted octanol–water partition coefficient (Wildman–Crippen LogP) is 3.75. The number of rotatable bonds is 6. The molecule has 22 heavy (non-hydrogen) atoms. The zero-order valence-electron chi connectivity index (χ0n) is 11.7. The van der Waals surface area contributed by atoms with Gasteiger partial charge in [-0.05, 0) is 24.3 Å². The van der Waals surface area contributed by atoms with E-state index in [-0.39, 0.29) is 13.2 Å². The largest absolute Gasteiger partial charge is 0.457 e. The van der Waals surface area contributed by atoms with Crippen molar-refractivity contribution in [1.82, 2.24) is 0 Å². The summed E-state index contributed by atoms with van der Waals surface area (Å²) in [5, 5.41) is 12.7. The van der Waals surface area contributed by atoms with Crippen LogP contribution in [0.15, 0.2) is 42.5 Å². The lowest BCUT2D eigenvalue weighted by Gasteiger charge is -2.12. The van der Waals surface area contributed by atoms with Gasteiger partial charge in [0.1, 0.15) is 6.61 Å². The summed E-state index contributed by atoms with van der Waals surface area (Å²) in [7, 11) is 0. The molecule has 4 nitrogen and oxygen atoms in total. The van der Waals surface area contributed by atoms with E-state index in [0.717, 1.165) is 0 Å². The van der Waals surface area contributed by atoms with Crippen molar-refractivity contribution in [3.8, 4) is 0 Å². The third-order valence-electron chi connectivity index (χ3n) is 2.98. The van der Waals surface area contributed by atoms with Gasteiger partial charge in [0, 0.05) is 27.8 Å². The lowest BCUT2D eigenvalue weighted by atomic mass is 10.1. The fourth-order valence-corrected chi connectivity index (χ4v) is 2.40. The van der Waals surface area contributed by atoms with Crippen molar-refractivity contribution >= 4 is 34.9 Å². The molecule has 0 radical (unpaired) electrons. The van der Waals surface area contributed by atoms with Crippen molar-refractivity contribution in [3.63, 3.8) is 0 Å². The minimum atomic E-state index is -0.489. The van der Waals surface area contributed by atoms with Gasteiger partial charge in [-0.25, -0.2) is 4.79 Å². The van der Waals surface area contributed by atoms with Crippen molar-refractivity contribution in [3.05, 3.63) is 63.6 Å². The van der Waals surface area contributed by atoms with Gasteiger partial charge in [0.2, 0.25) is 0 Å². The average Bonchev–Trinajstić information content (AvgIpc) is 2.52. The molecule has 2 aromatic rings. The summed E-state index contributed by atoms with van der Waals surface area (Å²) in [5.41, 5.74) is 1.56. The number of carbonyl (C=O) groups excluding carboxylic acids is 1. The molecule has 0 heterocycles. The van der Waals surface area contributed by atoms with Gasteiger partial charge < -0.3 is 15.2 Å². The Morgan fingerprint density at radius 3 is 2.45 bits per heavy atom. The van der Waals surface area contributed by atoms with Crippen LogP contribution in [0.5, 0.6) is 0 Å². The van der Waals surface area contributed by atoms with E-state index in [1.807, 2.05) is 0 Å². The summed E-state index contributed by atoms with van der Waals surface area (Å²) >= 11 is 12.1. The van der Waals surface area contributed by atoms with Gasteiger partial charge in [-0.2, -0.15) is 0 Å². The molecule has 0 spiro atoms. The number of hydrogen-bond acceptors (Lipinski definition) is 4. The topological polar surface area (TPSA) is 58.6 Å². The van der Waals surface area contributed by atoms with Crippen LogP contribution in [0.1, 0.15) is 15.9 Å². The quantitative estimate of drug-likeness (QED) is 0.787. The maximum absolute atomic E-state index is 12.2. The Hall–Kier alpha value is -1.75. The molecule has 0 bridgehead atoms. The first-order valence-electron chi connectivity index (χ1n) is 6.67. The van der Waals surface area contributed by atoms with Gasteiger partial charge >= 0.3 is 5.97 Å². The molecular weight excluding hydrogens is 325 g/mol. The molecule has 0 amide bonds. The molecule has 116 valence electrons. The van der Waals surface area contributed by atoms with Crippen LogP contribution in [0.25, 0.3) is 0 Å². The molecular formula is C16H15Cl2NO3. The second-order valence-electron chi connectivity index (χ2n) is 4.47. The minimum Gasteiger partial charge on any atom is -0.457 e. The van der Waals surface area contributed by atoms with E-state index < -0.39 is 5.97 Å². The van der Waals surface area contributed by atoms with Crippen LogP contribution in [0.4, 0.5) is 5.69 Å². The zero-order chi connectivity index (χ0) is 15.9. The van der Waals surface area contributed by atoms with Crippen molar-refractivity contribution in [2.45, 2.75) is 6.61 Å². The number of aliphatic hydroxyl groups excluding tert-OH is 1. The summed E-state index contributed by atoms with van der Waals surface area (Å²) in [6.07, 6.45) is 0. The molecule has 0 aliphatic rings. The second-order valence-corrected chi connectivity index (χ2v) is 5.29. The molecule has 0 saturated heterocycles. The maximum atomic E-state index is 12.2. The first kappa shape index (κ1) is 16.6. The number of anilines is 1. The average molecular weight is 340 g/mol. The van der Waals surface area contributed by atoms with Crippen LogP contribution in [0, 0.1) is 0 Å². The summed E-state index contributed by atoms with van der Waals surface area (Å²) in [5.74, 6) is -0.489. The van der Waals surface area contributed by atoms with Crippen LogP contribution >= 0.6 is 23.2 Å². The van der Waals surface area contributed by atoms with Gasteiger partial charge in [0.05, 0.1) is 12.2 Å². The van der Waals surface area contributed by atoms with Gasteiger partial charge in [-0.1, -0.05) is 41.4 Å². The fraction of sp³-hybridized carbons (Fsp3) is 0.188. The van der Waals surface area contributed by atoms with E-state index in [0.29, 0.717) is 33.4 Å². The predicted molar refractivity (Wildman–Crippen MR) is 87.6 cm³/mol. The maximum Gasteiger partial charge on any atom is 0.340 e. The van der Waals surface area contributed by atoms with Crippen LogP contribution in [0.2, 0.25) is 10.0 Å². The van der Waals surface area contributed by atoms with Gasteiger partial charge in [0.15, 0.2) is 0 Å². The highest BCUT2D eigenvalue weighted by Crippen LogP contribution is 2.25. The molecule has 0 unspecified atom stereocenters. The first-order chi connectivity index (χ1) is 10.6. The summed E-state index contributed by atoms with van der Waals surface area (Å²) in [4.78, 5) is 12.2. The van der Waals surface area contributed by atoms with Crippen LogP contribution < -0.4 is 5.32 Å². The van der Waals surface area contributed by atoms with E-state index in [1.54, 1.807) is 42.5 Å². The zero-order valence-corrected chi connectivity index (χ0v) is 13.2. The molecule has 2 rings (SSSR count). The fourth-order valence-electron chi connectivity index (χ4n) is 1.89. The molecule has 0 aliphatic carbocycles. The Bertz CT molecular complexity index is 641. The lowest BCUT2D eigenvalue weighted by Crippen LogP contribution is -2.12. The molecule has 0 aliphatic heterocycles. The number of halogens is 2. The molecule has 2 N–H and O–H groups in total. The second kappa shape index (κ2) is 8.03. The van der Waals surface area contributed by atoms with Crippen molar-refractivity contribution in [2.24, 2.45) is 0 Å². The molecule has 0 saturated carbocycles. The SMILES string of the molecule is O=C(OCc1c(Cl)cccc1Cl)c1ccccc1NCCO. The summed E-state index contributed by atoms with van der Waals surface area (Å²) in [6, 6.07) is 12.0. The smallest absolute Gasteiger partial charge is 0.340 e. The van der Waals surface area contributed by atoms with Crippen LogP contribution in [-0.2, 0) is 11.3 Å². The highest BCUT2D eigenvalue weighted by atomic mass is 35.5. The van der Waals surface area contributed by atoms with Gasteiger partial charge in [-0.3, -0.25) is 0 Å². The molecule has 2 aromatic carbocycles. The molecule has 6 heteroatoms. The monoisotopic (exact) mass is 339 g/mol. The van der Waals surface area contributed by atoms with E-state index >= 15 is 0 Å². The van der Waals surface area contributed by atoms with Crippen molar-refractivity contribution in [2.75, 3.05) is 18.5 Å². The molecule has 0 aromatic heterocycles. The highest BCUT2D eigenvalue weighted by Gasteiger charge is 2.14. The molecule has 0 fully saturated rings. The number of esters is 1. The highest BCUT2D eigenvalue weighted by molar-refractivity contribution is 6.35. The normalized spacial score (nSPS) is 10.3. The van der Waals surface area contributed by atoms with Gasteiger partial charge in [-0.15, -0.1) is 0 Å². The number of benzene rings is 2. The van der Waals surface area contributed by atoms with E-state index in [1.165, 1.54) is 0 Å². The summed E-state index contributed by atoms with van der Waals surface area (Å²) in [6.45, 7) is 0.310. The molecule has 0 atom stereocenters. The van der Waals surface area contributed by atoms with Crippen molar-refractivity contribution < 1.29 is 14.6 Å². The Morgan fingerprint density at radius 1 is 1.09 bits per heavy atom. The number of aliphatic hydroxyl groups is 1. The Morgan fingerprint density at radius 2 is 1.77 bits per heavy atom. The van der Waals surface area contributed by atoms with E-state index in [2.05, 4.69) is 5.32 Å². The third-order valence-corrected chi connectivity index (χ3v) is 3.69. The number of hydrogen-bond donors (Lipinski definition) is 2. The Balaban J connectivity index is 2.10. The third kappa shape index (κ3) is 4.13.